The molecule has 108 valence electrons. The van der Waals surface area contributed by atoms with Gasteiger partial charge in [-0.2, -0.15) is 8.42 Å². The summed E-state index contributed by atoms with van der Waals surface area (Å²) in [6.07, 6.45) is 0. The molecule has 0 spiro atoms. The topological polar surface area (TPSA) is 86.6 Å². The normalized spacial score (nSPS) is 10.3. The molecular weight excluding hydrogens is 278 g/mol. The van der Waals surface area contributed by atoms with Crippen LogP contribution in [0.3, 0.4) is 0 Å². The summed E-state index contributed by atoms with van der Waals surface area (Å²) in [4.78, 5) is -0.0741. The van der Waals surface area contributed by atoms with Crippen molar-refractivity contribution in [2.45, 2.75) is 4.90 Å². The minimum absolute atomic E-state index is 0.0741. The van der Waals surface area contributed by atoms with Gasteiger partial charge < -0.3 is 10.4 Å². The van der Waals surface area contributed by atoms with E-state index in [9.17, 15) is 8.42 Å². The van der Waals surface area contributed by atoms with Gasteiger partial charge in [-0.15, -0.1) is 0 Å². The number of hydrogen-bond donors (Lipinski definition) is 3. The van der Waals surface area contributed by atoms with Crippen molar-refractivity contribution in [1.82, 2.24) is 0 Å². The van der Waals surface area contributed by atoms with Crippen molar-refractivity contribution < 1.29 is 18.1 Å². The van der Waals surface area contributed by atoms with Crippen LogP contribution in [0.4, 0.5) is 5.69 Å². The molecule has 0 fully saturated rings. The minimum Gasteiger partial charge on any atom is -0.395 e. The highest BCUT2D eigenvalue weighted by molar-refractivity contribution is 7.85. The van der Waals surface area contributed by atoms with Crippen LogP contribution in [0.2, 0.25) is 0 Å². The Morgan fingerprint density at radius 3 is 1.80 bits per heavy atom. The molecule has 6 heteroatoms. The van der Waals surface area contributed by atoms with Gasteiger partial charge in [0.2, 0.25) is 0 Å². The maximum absolute atomic E-state index is 10.4. The zero-order valence-corrected chi connectivity index (χ0v) is 11.6. The van der Waals surface area contributed by atoms with Gasteiger partial charge in [0.15, 0.2) is 0 Å². The summed E-state index contributed by atoms with van der Waals surface area (Å²) in [6, 6.07) is 17.2. The Labute approximate surface area is 118 Å². The zero-order chi connectivity index (χ0) is 14.8. The molecule has 0 amide bonds. The molecule has 2 rings (SSSR count). The van der Waals surface area contributed by atoms with Gasteiger partial charge in [-0.05, 0) is 24.3 Å². The smallest absolute Gasteiger partial charge is 0.294 e. The number of hydrogen-bond acceptors (Lipinski definition) is 4. The van der Waals surface area contributed by atoms with E-state index in [4.69, 9.17) is 9.66 Å². The number of anilines is 1. The van der Waals surface area contributed by atoms with Crippen LogP contribution in [-0.2, 0) is 10.1 Å². The average Bonchev–Trinajstić information content (AvgIpc) is 2.47. The monoisotopic (exact) mass is 295 g/mol. The lowest BCUT2D eigenvalue weighted by Gasteiger charge is -2.01. The van der Waals surface area contributed by atoms with Crippen LogP contribution in [0.25, 0.3) is 0 Å². The Hall–Kier alpha value is -1.89. The van der Waals surface area contributed by atoms with E-state index in [2.05, 4.69) is 5.32 Å². The van der Waals surface area contributed by atoms with Crippen LogP contribution in [0.15, 0.2) is 65.6 Å². The van der Waals surface area contributed by atoms with E-state index in [0.717, 1.165) is 5.69 Å². The fourth-order valence-corrected chi connectivity index (χ4v) is 1.85. The van der Waals surface area contributed by atoms with E-state index in [1.165, 1.54) is 12.1 Å². The molecule has 0 atom stereocenters. The number of benzene rings is 2. The summed E-state index contributed by atoms with van der Waals surface area (Å²) in [5.74, 6) is 0. The summed E-state index contributed by atoms with van der Waals surface area (Å²) < 4.78 is 29.2. The van der Waals surface area contributed by atoms with Gasteiger partial charge in [0.25, 0.3) is 10.1 Å². The predicted octanol–water partition coefficient (Wildman–Crippen LogP) is 2.02. The Morgan fingerprint density at radius 1 is 0.900 bits per heavy atom. The summed E-state index contributed by atoms with van der Waals surface area (Å²) in [5.41, 5.74) is 1.05. The second-order valence-corrected chi connectivity index (χ2v) is 5.23. The van der Waals surface area contributed by atoms with Crippen molar-refractivity contribution in [2.24, 2.45) is 0 Å². The van der Waals surface area contributed by atoms with Gasteiger partial charge in [-0.3, -0.25) is 4.55 Å². The standard InChI is InChI=1S/C8H11NO.C6H6O3S/c10-7-6-9-8-4-2-1-3-5-8;7-10(8,9)6-4-2-1-3-5-6/h1-5,9-10H,6-7H2;1-5H,(H,7,8,9). The number of aliphatic hydroxyl groups is 1. The van der Waals surface area contributed by atoms with Crippen LogP contribution >= 0.6 is 0 Å². The number of aliphatic hydroxyl groups excluding tert-OH is 1. The fraction of sp³-hybridized carbons (Fsp3) is 0.143. The van der Waals surface area contributed by atoms with Crippen molar-refractivity contribution in [3.63, 3.8) is 0 Å². The highest BCUT2D eigenvalue weighted by atomic mass is 32.2. The van der Waals surface area contributed by atoms with Gasteiger partial charge >= 0.3 is 0 Å². The number of nitrogens with one attached hydrogen (secondary N) is 1. The average molecular weight is 295 g/mol. The molecule has 0 heterocycles. The molecule has 3 N–H and O–H groups in total. The molecule has 20 heavy (non-hydrogen) atoms. The molecule has 5 nitrogen and oxygen atoms in total. The van der Waals surface area contributed by atoms with Crippen LogP contribution in [0, 0.1) is 0 Å². The summed E-state index contributed by atoms with van der Waals surface area (Å²) >= 11 is 0. The van der Waals surface area contributed by atoms with Crippen LogP contribution < -0.4 is 5.32 Å². The summed E-state index contributed by atoms with van der Waals surface area (Å²) in [6.45, 7) is 0.791. The van der Waals surface area contributed by atoms with Crippen molar-refractivity contribution in [3.05, 3.63) is 60.7 Å². The Morgan fingerprint density at radius 2 is 1.40 bits per heavy atom. The van der Waals surface area contributed by atoms with Gasteiger partial charge in [-0.1, -0.05) is 36.4 Å². The lowest BCUT2D eigenvalue weighted by atomic mass is 10.3. The minimum atomic E-state index is -4.00. The lowest BCUT2D eigenvalue weighted by molar-refractivity contribution is 0.311. The maximum Gasteiger partial charge on any atom is 0.294 e. The molecule has 0 saturated heterocycles. The van der Waals surface area contributed by atoms with E-state index in [1.807, 2.05) is 30.3 Å². The molecule has 0 bridgehead atoms. The number of rotatable bonds is 4. The molecule has 0 aliphatic rings. The Balaban J connectivity index is 0.000000200. The third kappa shape index (κ3) is 6.33. The molecule has 0 aliphatic heterocycles. The van der Waals surface area contributed by atoms with Gasteiger partial charge in [0.1, 0.15) is 0 Å². The predicted molar refractivity (Wildman–Crippen MR) is 78.3 cm³/mol. The van der Waals surface area contributed by atoms with Crippen molar-refractivity contribution >= 4 is 15.8 Å². The molecule has 0 aliphatic carbocycles. The summed E-state index contributed by atoms with van der Waals surface area (Å²) in [5, 5.41) is 11.5. The highest BCUT2D eigenvalue weighted by Crippen LogP contribution is 2.05. The first-order chi connectivity index (χ1) is 9.54. The van der Waals surface area contributed by atoms with E-state index in [-0.39, 0.29) is 11.5 Å². The van der Waals surface area contributed by atoms with E-state index < -0.39 is 10.1 Å². The SMILES string of the molecule is O=S(=O)(O)c1ccccc1.OCCNc1ccccc1. The van der Waals surface area contributed by atoms with Crippen molar-refractivity contribution in [1.29, 1.82) is 0 Å². The van der Waals surface area contributed by atoms with Crippen molar-refractivity contribution in [2.75, 3.05) is 18.5 Å². The molecule has 0 unspecified atom stereocenters. The third-order valence-electron chi connectivity index (χ3n) is 2.26. The molecule has 0 radical (unpaired) electrons. The van der Waals surface area contributed by atoms with Crippen LogP contribution in [-0.4, -0.2) is 31.2 Å². The third-order valence-corrected chi connectivity index (χ3v) is 3.12. The van der Waals surface area contributed by atoms with Gasteiger partial charge in [0, 0.05) is 12.2 Å². The highest BCUT2D eigenvalue weighted by Gasteiger charge is 2.05. The molecule has 2 aromatic carbocycles. The lowest BCUT2D eigenvalue weighted by Crippen LogP contribution is -2.04. The Kier molecular flexibility index (Phi) is 6.72. The fourth-order valence-electron chi connectivity index (χ4n) is 1.35. The second-order valence-electron chi connectivity index (χ2n) is 3.80. The first-order valence-corrected chi connectivity index (χ1v) is 7.40. The second kappa shape index (κ2) is 8.31. The van der Waals surface area contributed by atoms with Crippen molar-refractivity contribution in [3.8, 4) is 0 Å². The largest absolute Gasteiger partial charge is 0.395 e. The van der Waals surface area contributed by atoms with E-state index in [1.54, 1.807) is 18.2 Å². The van der Waals surface area contributed by atoms with Gasteiger partial charge in [-0.25, -0.2) is 0 Å². The molecule has 2 aromatic rings. The zero-order valence-electron chi connectivity index (χ0n) is 10.8. The number of para-hydroxylation sites is 1. The maximum atomic E-state index is 10.4. The Bertz CT molecular complexity index is 585. The quantitative estimate of drug-likeness (QED) is 0.751. The van der Waals surface area contributed by atoms with Crippen LogP contribution in [0.1, 0.15) is 0 Å². The first-order valence-electron chi connectivity index (χ1n) is 5.96. The molecule has 0 aromatic heterocycles. The van der Waals surface area contributed by atoms with E-state index >= 15 is 0 Å². The molecular formula is C14H17NO4S. The van der Waals surface area contributed by atoms with E-state index in [0.29, 0.717) is 6.54 Å². The van der Waals surface area contributed by atoms with Gasteiger partial charge in [0.05, 0.1) is 11.5 Å². The summed E-state index contributed by atoms with van der Waals surface area (Å²) in [7, 11) is -4.00. The molecule has 0 saturated carbocycles. The van der Waals surface area contributed by atoms with Crippen LogP contribution in [0.5, 0.6) is 0 Å². The first kappa shape index (κ1) is 16.2.